The number of nitrogens with zero attached hydrogens (tertiary/aromatic N) is 3. The summed E-state index contributed by atoms with van der Waals surface area (Å²) in [7, 11) is 0. The van der Waals surface area contributed by atoms with Gasteiger partial charge in [-0.1, -0.05) is 12.1 Å². The van der Waals surface area contributed by atoms with E-state index in [1.54, 1.807) is 11.0 Å². The molecule has 2 rings (SSSR count). The summed E-state index contributed by atoms with van der Waals surface area (Å²) in [5.41, 5.74) is 2.82. The maximum absolute atomic E-state index is 9.65. The van der Waals surface area contributed by atoms with Crippen molar-refractivity contribution in [3.8, 4) is 5.69 Å². The molecule has 2 N–H and O–H groups in total. The van der Waals surface area contributed by atoms with Crippen molar-refractivity contribution in [3.05, 3.63) is 42.0 Å². The van der Waals surface area contributed by atoms with Gasteiger partial charge in [0.1, 0.15) is 12.7 Å². The van der Waals surface area contributed by atoms with Crippen LogP contribution in [0.25, 0.3) is 5.69 Å². The maximum Gasteiger partial charge on any atom is 0.138 e. The molecule has 0 aliphatic carbocycles. The SMILES string of the molecule is Cc1cc(CNCCC(C)(C)O)ccc1-n1cncn1. The van der Waals surface area contributed by atoms with E-state index in [2.05, 4.69) is 40.5 Å². The van der Waals surface area contributed by atoms with Gasteiger partial charge in [0.15, 0.2) is 0 Å². The van der Waals surface area contributed by atoms with E-state index in [0.717, 1.165) is 30.8 Å². The fourth-order valence-electron chi connectivity index (χ4n) is 2.04. The van der Waals surface area contributed by atoms with Crippen LogP contribution in [-0.4, -0.2) is 32.0 Å². The molecule has 0 radical (unpaired) electrons. The van der Waals surface area contributed by atoms with Crippen molar-refractivity contribution in [1.29, 1.82) is 0 Å². The van der Waals surface area contributed by atoms with E-state index in [9.17, 15) is 5.11 Å². The van der Waals surface area contributed by atoms with Gasteiger partial charge in [0.25, 0.3) is 0 Å². The summed E-state index contributed by atoms with van der Waals surface area (Å²) in [4.78, 5) is 3.96. The van der Waals surface area contributed by atoms with E-state index < -0.39 is 5.60 Å². The summed E-state index contributed by atoms with van der Waals surface area (Å²) >= 11 is 0. The van der Waals surface area contributed by atoms with E-state index in [1.165, 1.54) is 11.9 Å². The van der Waals surface area contributed by atoms with Gasteiger partial charge in [0.2, 0.25) is 0 Å². The topological polar surface area (TPSA) is 63.0 Å². The minimum absolute atomic E-state index is 0.611. The molecule has 108 valence electrons. The van der Waals surface area contributed by atoms with Crippen LogP contribution >= 0.6 is 0 Å². The second kappa shape index (κ2) is 6.15. The summed E-state index contributed by atoms with van der Waals surface area (Å²) in [6, 6.07) is 6.28. The molecule has 1 aromatic carbocycles. The predicted molar refractivity (Wildman–Crippen MR) is 78.7 cm³/mol. The van der Waals surface area contributed by atoms with Gasteiger partial charge >= 0.3 is 0 Å². The Hall–Kier alpha value is -1.72. The Bertz CT molecular complexity index is 543. The van der Waals surface area contributed by atoms with Crippen molar-refractivity contribution >= 4 is 0 Å². The normalized spacial score (nSPS) is 11.8. The third kappa shape index (κ3) is 4.15. The Morgan fingerprint density at radius 2 is 2.15 bits per heavy atom. The van der Waals surface area contributed by atoms with Gasteiger partial charge in [0, 0.05) is 6.54 Å². The lowest BCUT2D eigenvalue weighted by molar-refractivity contribution is 0.0711. The van der Waals surface area contributed by atoms with Gasteiger partial charge in [-0.3, -0.25) is 0 Å². The van der Waals surface area contributed by atoms with Crippen molar-refractivity contribution < 1.29 is 5.11 Å². The highest BCUT2D eigenvalue weighted by molar-refractivity contribution is 5.41. The molecule has 0 spiro atoms. The number of nitrogens with one attached hydrogen (secondary N) is 1. The minimum Gasteiger partial charge on any atom is -0.390 e. The third-order valence-corrected chi connectivity index (χ3v) is 3.17. The molecule has 0 saturated carbocycles. The quantitative estimate of drug-likeness (QED) is 0.789. The highest BCUT2D eigenvalue weighted by Gasteiger charge is 2.11. The maximum atomic E-state index is 9.65. The van der Waals surface area contributed by atoms with Crippen LogP contribution in [-0.2, 0) is 6.54 Å². The number of benzene rings is 1. The van der Waals surface area contributed by atoms with Crippen LogP contribution in [0.3, 0.4) is 0 Å². The largest absolute Gasteiger partial charge is 0.390 e. The Morgan fingerprint density at radius 3 is 2.75 bits per heavy atom. The van der Waals surface area contributed by atoms with Crippen molar-refractivity contribution in [2.24, 2.45) is 0 Å². The number of hydrogen-bond acceptors (Lipinski definition) is 4. The van der Waals surface area contributed by atoms with E-state index in [4.69, 9.17) is 0 Å². The Kier molecular flexibility index (Phi) is 4.52. The lowest BCUT2D eigenvalue weighted by Crippen LogP contribution is -2.26. The molecule has 1 aromatic heterocycles. The van der Waals surface area contributed by atoms with Gasteiger partial charge in [-0.15, -0.1) is 0 Å². The monoisotopic (exact) mass is 274 g/mol. The molecular weight excluding hydrogens is 252 g/mol. The highest BCUT2D eigenvalue weighted by atomic mass is 16.3. The Balaban J connectivity index is 1.93. The molecular formula is C15H22N4O. The molecule has 0 bridgehead atoms. The van der Waals surface area contributed by atoms with Gasteiger partial charge in [-0.25, -0.2) is 9.67 Å². The summed E-state index contributed by atoms with van der Waals surface area (Å²) in [6.45, 7) is 7.32. The van der Waals surface area contributed by atoms with E-state index in [-0.39, 0.29) is 0 Å². The lowest BCUT2D eigenvalue weighted by Gasteiger charge is -2.17. The number of aromatic nitrogens is 3. The van der Waals surface area contributed by atoms with E-state index in [1.807, 2.05) is 13.8 Å². The van der Waals surface area contributed by atoms with Crippen molar-refractivity contribution in [2.75, 3.05) is 6.54 Å². The van der Waals surface area contributed by atoms with Crippen LogP contribution in [0.5, 0.6) is 0 Å². The second-order valence-corrected chi connectivity index (χ2v) is 5.70. The van der Waals surface area contributed by atoms with Gasteiger partial charge in [-0.05, 0) is 50.9 Å². The average Bonchev–Trinajstić information content (AvgIpc) is 2.87. The van der Waals surface area contributed by atoms with Crippen LogP contribution in [0.15, 0.2) is 30.9 Å². The smallest absolute Gasteiger partial charge is 0.138 e. The molecule has 0 unspecified atom stereocenters. The van der Waals surface area contributed by atoms with Gasteiger partial charge in [-0.2, -0.15) is 5.10 Å². The molecule has 0 atom stereocenters. The number of rotatable bonds is 6. The zero-order valence-corrected chi connectivity index (χ0v) is 12.3. The lowest BCUT2D eigenvalue weighted by atomic mass is 10.1. The molecule has 0 fully saturated rings. The third-order valence-electron chi connectivity index (χ3n) is 3.17. The van der Waals surface area contributed by atoms with Gasteiger partial charge in [0.05, 0.1) is 11.3 Å². The van der Waals surface area contributed by atoms with Crippen LogP contribution in [0.1, 0.15) is 31.4 Å². The fourth-order valence-corrected chi connectivity index (χ4v) is 2.04. The zero-order valence-electron chi connectivity index (χ0n) is 12.3. The molecule has 0 saturated heterocycles. The van der Waals surface area contributed by atoms with Crippen molar-refractivity contribution in [2.45, 2.75) is 39.3 Å². The van der Waals surface area contributed by atoms with Crippen molar-refractivity contribution in [3.63, 3.8) is 0 Å². The molecule has 0 amide bonds. The Morgan fingerprint density at radius 1 is 1.35 bits per heavy atom. The van der Waals surface area contributed by atoms with Gasteiger partial charge < -0.3 is 10.4 Å². The minimum atomic E-state index is -0.611. The first-order chi connectivity index (χ1) is 9.46. The number of aryl methyl sites for hydroxylation is 1. The first-order valence-corrected chi connectivity index (χ1v) is 6.83. The summed E-state index contributed by atoms with van der Waals surface area (Å²) in [5, 5.41) is 17.1. The molecule has 5 heteroatoms. The van der Waals surface area contributed by atoms with Crippen LogP contribution < -0.4 is 5.32 Å². The summed E-state index contributed by atoms with van der Waals surface area (Å²) in [6.07, 6.45) is 3.97. The first kappa shape index (κ1) is 14.7. The Labute approximate surface area is 119 Å². The highest BCUT2D eigenvalue weighted by Crippen LogP contribution is 2.14. The number of aliphatic hydroxyl groups is 1. The average molecular weight is 274 g/mol. The first-order valence-electron chi connectivity index (χ1n) is 6.83. The van der Waals surface area contributed by atoms with Crippen LogP contribution in [0.2, 0.25) is 0 Å². The predicted octanol–water partition coefficient (Wildman–Crippen LogP) is 1.83. The molecule has 0 aliphatic rings. The second-order valence-electron chi connectivity index (χ2n) is 5.70. The molecule has 0 aliphatic heterocycles. The summed E-state index contributed by atoms with van der Waals surface area (Å²) < 4.78 is 1.76. The molecule has 1 heterocycles. The van der Waals surface area contributed by atoms with Crippen LogP contribution in [0.4, 0.5) is 0 Å². The fraction of sp³-hybridized carbons (Fsp3) is 0.467. The van der Waals surface area contributed by atoms with E-state index >= 15 is 0 Å². The van der Waals surface area contributed by atoms with E-state index in [0.29, 0.717) is 0 Å². The van der Waals surface area contributed by atoms with Crippen molar-refractivity contribution in [1.82, 2.24) is 20.1 Å². The molecule has 5 nitrogen and oxygen atoms in total. The van der Waals surface area contributed by atoms with Crippen LogP contribution in [0, 0.1) is 6.92 Å². The zero-order chi connectivity index (χ0) is 14.6. The molecule has 2 aromatic rings. The molecule has 20 heavy (non-hydrogen) atoms. The standard InChI is InChI=1S/C15H22N4O/c1-12-8-13(9-16-7-6-15(2,3)20)4-5-14(12)19-11-17-10-18-19/h4-5,8,10-11,16,20H,6-7,9H2,1-3H3. The number of hydrogen-bond donors (Lipinski definition) is 2. The summed E-state index contributed by atoms with van der Waals surface area (Å²) in [5.74, 6) is 0.